The van der Waals surface area contributed by atoms with Crippen molar-refractivity contribution in [2.24, 2.45) is 0 Å². The molecule has 2 aromatic rings. The number of furan rings is 1. The molecule has 2 rings (SSSR count). The van der Waals surface area contributed by atoms with Gasteiger partial charge in [-0.25, -0.2) is 0 Å². The fraction of sp³-hybridized carbons (Fsp3) is 0.167. The predicted molar refractivity (Wildman–Crippen MR) is 62.3 cm³/mol. The molecule has 0 aliphatic rings. The Labute approximate surface area is 88.7 Å². The summed E-state index contributed by atoms with van der Waals surface area (Å²) < 4.78 is 5.37. The summed E-state index contributed by atoms with van der Waals surface area (Å²) in [4.78, 5) is 0. The van der Waals surface area contributed by atoms with Crippen LogP contribution in [0.3, 0.4) is 0 Å². The number of nitrogens with two attached hydrogens (primary N) is 2. The fourth-order valence-corrected chi connectivity index (χ4v) is 1.66. The van der Waals surface area contributed by atoms with E-state index in [-0.39, 0.29) is 0 Å². The number of hydrogen-bond donors (Lipinski definition) is 2. The van der Waals surface area contributed by atoms with E-state index in [1.807, 2.05) is 25.1 Å². The van der Waals surface area contributed by atoms with E-state index < -0.39 is 0 Å². The third-order valence-electron chi connectivity index (χ3n) is 2.43. The first kappa shape index (κ1) is 9.65. The Hall–Kier alpha value is -1.90. The Morgan fingerprint density at radius 1 is 1.13 bits per heavy atom. The van der Waals surface area contributed by atoms with E-state index in [0.29, 0.717) is 5.69 Å². The molecule has 15 heavy (non-hydrogen) atoms. The summed E-state index contributed by atoms with van der Waals surface area (Å²) in [6, 6.07) is 7.41. The van der Waals surface area contributed by atoms with Gasteiger partial charge >= 0.3 is 0 Å². The molecular weight excluding hydrogens is 188 g/mol. The largest absolute Gasteiger partial charge is 0.469 e. The third kappa shape index (κ3) is 1.68. The van der Waals surface area contributed by atoms with Crippen LogP contribution >= 0.6 is 0 Å². The van der Waals surface area contributed by atoms with Crippen LogP contribution in [0.2, 0.25) is 0 Å². The molecular formula is C12H14N2O. The van der Waals surface area contributed by atoms with Gasteiger partial charge in [-0.05, 0) is 24.3 Å². The van der Waals surface area contributed by atoms with Crippen molar-refractivity contribution < 1.29 is 4.42 Å². The van der Waals surface area contributed by atoms with Gasteiger partial charge in [0.1, 0.15) is 5.76 Å². The van der Waals surface area contributed by atoms with Crippen LogP contribution in [0.4, 0.5) is 11.4 Å². The number of hydrogen-bond acceptors (Lipinski definition) is 3. The lowest BCUT2D eigenvalue weighted by Crippen LogP contribution is -1.93. The third-order valence-corrected chi connectivity index (χ3v) is 2.43. The molecule has 0 amide bonds. The highest BCUT2D eigenvalue weighted by molar-refractivity contribution is 5.80. The van der Waals surface area contributed by atoms with Gasteiger partial charge in [-0.3, -0.25) is 0 Å². The lowest BCUT2D eigenvalue weighted by Gasteiger charge is -2.06. The Balaban J connectivity index is 2.58. The molecule has 1 heterocycles. The molecule has 0 bridgehead atoms. The van der Waals surface area contributed by atoms with Crippen LogP contribution in [0.15, 0.2) is 34.9 Å². The highest BCUT2D eigenvalue weighted by Crippen LogP contribution is 2.31. The SMILES string of the molecule is CCc1occc1-c1cc(N)ccc1N. The number of aryl methyl sites for hydroxylation is 1. The van der Waals surface area contributed by atoms with Gasteiger partial charge in [0.15, 0.2) is 0 Å². The zero-order valence-corrected chi connectivity index (χ0v) is 8.66. The first-order valence-corrected chi connectivity index (χ1v) is 4.94. The zero-order chi connectivity index (χ0) is 10.8. The minimum Gasteiger partial charge on any atom is -0.469 e. The zero-order valence-electron chi connectivity index (χ0n) is 8.66. The fourth-order valence-electron chi connectivity index (χ4n) is 1.66. The van der Waals surface area contributed by atoms with Crippen molar-refractivity contribution in [3.05, 3.63) is 36.3 Å². The molecule has 3 nitrogen and oxygen atoms in total. The molecule has 3 heteroatoms. The van der Waals surface area contributed by atoms with Crippen molar-refractivity contribution in [3.63, 3.8) is 0 Å². The molecule has 0 aliphatic carbocycles. The smallest absolute Gasteiger partial charge is 0.111 e. The standard InChI is InChI=1S/C12H14N2O/c1-2-12-9(5-6-15-12)10-7-8(13)3-4-11(10)14/h3-7H,2,13-14H2,1H3. The molecule has 0 saturated carbocycles. The monoisotopic (exact) mass is 202 g/mol. The molecule has 0 unspecified atom stereocenters. The maximum atomic E-state index is 5.91. The van der Waals surface area contributed by atoms with Gasteiger partial charge < -0.3 is 15.9 Å². The Bertz CT molecular complexity index is 474. The second-order valence-corrected chi connectivity index (χ2v) is 3.46. The minimum atomic E-state index is 0.711. The second-order valence-electron chi connectivity index (χ2n) is 3.46. The average Bonchev–Trinajstić information content (AvgIpc) is 2.69. The Kier molecular flexibility index (Phi) is 2.37. The van der Waals surface area contributed by atoms with Gasteiger partial charge in [-0.15, -0.1) is 0 Å². The van der Waals surface area contributed by atoms with E-state index in [0.717, 1.165) is 29.0 Å². The number of nitrogen functional groups attached to an aromatic ring is 2. The van der Waals surface area contributed by atoms with Crippen LogP contribution in [-0.4, -0.2) is 0 Å². The van der Waals surface area contributed by atoms with Crippen molar-refractivity contribution in [1.82, 2.24) is 0 Å². The first-order chi connectivity index (χ1) is 7.22. The van der Waals surface area contributed by atoms with Crippen LogP contribution < -0.4 is 11.5 Å². The van der Waals surface area contributed by atoms with E-state index in [9.17, 15) is 0 Å². The molecule has 0 spiro atoms. The van der Waals surface area contributed by atoms with E-state index >= 15 is 0 Å². The van der Waals surface area contributed by atoms with E-state index in [1.165, 1.54) is 0 Å². The molecule has 0 saturated heterocycles. The maximum Gasteiger partial charge on any atom is 0.111 e. The van der Waals surface area contributed by atoms with Crippen molar-refractivity contribution in [2.75, 3.05) is 11.5 Å². The molecule has 0 radical (unpaired) electrons. The van der Waals surface area contributed by atoms with Gasteiger partial charge in [-0.2, -0.15) is 0 Å². The van der Waals surface area contributed by atoms with Crippen molar-refractivity contribution in [3.8, 4) is 11.1 Å². The lowest BCUT2D eigenvalue weighted by molar-refractivity contribution is 0.517. The lowest BCUT2D eigenvalue weighted by atomic mass is 10.0. The first-order valence-electron chi connectivity index (χ1n) is 4.94. The van der Waals surface area contributed by atoms with Crippen LogP contribution in [0.5, 0.6) is 0 Å². The molecule has 78 valence electrons. The number of benzene rings is 1. The normalized spacial score (nSPS) is 10.5. The maximum absolute atomic E-state index is 5.91. The Morgan fingerprint density at radius 3 is 2.67 bits per heavy atom. The van der Waals surface area contributed by atoms with Crippen LogP contribution in [0.25, 0.3) is 11.1 Å². The predicted octanol–water partition coefficient (Wildman–Crippen LogP) is 2.67. The van der Waals surface area contributed by atoms with Crippen molar-refractivity contribution in [2.45, 2.75) is 13.3 Å². The van der Waals surface area contributed by atoms with Gasteiger partial charge in [-0.1, -0.05) is 6.92 Å². The number of rotatable bonds is 2. The number of anilines is 2. The van der Waals surface area contributed by atoms with Crippen LogP contribution in [0.1, 0.15) is 12.7 Å². The quantitative estimate of drug-likeness (QED) is 0.736. The van der Waals surface area contributed by atoms with Gasteiger partial charge in [0.2, 0.25) is 0 Å². The van der Waals surface area contributed by atoms with Gasteiger partial charge in [0.25, 0.3) is 0 Å². The topological polar surface area (TPSA) is 65.2 Å². The van der Waals surface area contributed by atoms with Gasteiger partial charge in [0, 0.05) is 28.9 Å². The highest BCUT2D eigenvalue weighted by atomic mass is 16.3. The molecule has 4 N–H and O–H groups in total. The van der Waals surface area contributed by atoms with Gasteiger partial charge in [0.05, 0.1) is 6.26 Å². The summed E-state index contributed by atoms with van der Waals surface area (Å²) in [6.07, 6.45) is 2.52. The van der Waals surface area contributed by atoms with Crippen molar-refractivity contribution >= 4 is 11.4 Å². The molecule has 0 fully saturated rings. The summed E-state index contributed by atoms with van der Waals surface area (Å²) in [7, 11) is 0. The average molecular weight is 202 g/mol. The molecule has 1 aromatic carbocycles. The summed E-state index contributed by atoms with van der Waals surface area (Å²) in [6.45, 7) is 2.05. The van der Waals surface area contributed by atoms with E-state index in [1.54, 1.807) is 12.3 Å². The van der Waals surface area contributed by atoms with Crippen LogP contribution in [0, 0.1) is 0 Å². The summed E-state index contributed by atoms with van der Waals surface area (Å²) in [5.41, 5.74) is 15.1. The summed E-state index contributed by atoms with van der Waals surface area (Å²) in [5.74, 6) is 0.937. The highest BCUT2D eigenvalue weighted by Gasteiger charge is 2.09. The molecule has 0 atom stereocenters. The van der Waals surface area contributed by atoms with Crippen molar-refractivity contribution in [1.29, 1.82) is 0 Å². The van der Waals surface area contributed by atoms with E-state index in [4.69, 9.17) is 15.9 Å². The molecule has 0 aliphatic heterocycles. The van der Waals surface area contributed by atoms with E-state index in [2.05, 4.69) is 0 Å². The Morgan fingerprint density at radius 2 is 1.93 bits per heavy atom. The minimum absolute atomic E-state index is 0.711. The summed E-state index contributed by atoms with van der Waals surface area (Å²) in [5, 5.41) is 0. The van der Waals surface area contributed by atoms with Crippen LogP contribution in [-0.2, 0) is 6.42 Å². The second kappa shape index (κ2) is 3.69. The molecule has 1 aromatic heterocycles. The summed E-state index contributed by atoms with van der Waals surface area (Å²) >= 11 is 0.